The van der Waals surface area contributed by atoms with Crippen molar-refractivity contribution in [3.05, 3.63) is 53.7 Å². The van der Waals surface area contributed by atoms with Crippen LogP contribution in [0, 0.1) is 11.6 Å². The molecule has 18 heavy (non-hydrogen) atoms. The van der Waals surface area contributed by atoms with Gasteiger partial charge < -0.3 is 5.32 Å². The lowest BCUT2D eigenvalue weighted by Gasteiger charge is -2.07. The fourth-order valence-corrected chi connectivity index (χ4v) is 2.43. The number of aromatic nitrogens is 1. The second-order valence-corrected chi connectivity index (χ2v) is 4.64. The normalized spacial score (nSPS) is 10.4. The fraction of sp³-hybridized carbons (Fsp3) is 0.154. The summed E-state index contributed by atoms with van der Waals surface area (Å²) in [5.74, 6) is 0.253. The second-order valence-electron chi connectivity index (χ2n) is 3.62. The van der Waals surface area contributed by atoms with Crippen molar-refractivity contribution < 1.29 is 8.78 Å². The molecule has 1 N–H and O–H groups in total. The number of anilines is 1. The Kier molecular flexibility index (Phi) is 4.15. The number of rotatable bonds is 4. The molecule has 0 bridgehead atoms. The summed E-state index contributed by atoms with van der Waals surface area (Å²) in [4.78, 5) is 4.60. The fourth-order valence-electron chi connectivity index (χ4n) is 1.53. The van der Waals surface area contributed by atoms with Gasteiger partial charge >= 0.3 is 0 Å². The Morgan fingerprint density at radius 3 is 2.83 bits per heavy atom. The van der Waals surface area contributed by atoms with Gasteiger partial charge in [-0.15, -0.1) is 11.8 Å². The topological polar surface area (TPSA) is 24.9 Å². The maximum Gasteiger partial charge on any atom is 0.139 e. The highest BCUT2D eigenvalue weighted by atomic mass is 32.2. The van der Waals surface area contributed by atoms with Crippen LogP contribution in [0.5, 0.6) is 0 Å². The zero-order valence-electron chi connectivity index (χ0n) is 9.78. The molecule has 0 fully saturated rings. The number of nitrogens with zero attached hydrogens (tertiary/aromatic N) is 1. The van der Waals surface area contributed by atoms with Crippen molar-refractivity contribution in [1.29, 1.82) is 0 Å². The van der Waals surface area contributed by atoms with Crippen LogP contribution in [0.4, 0.5) is 14.6 Å². The summed E-state index contributed by atoms with van der Waals surface area (Å²) in [5.41, 5.74) is 0.980. The molecule has 0 unspecified atom stereocenters. The highest BCUT2D eigenvalue weighted by molar-refractivity contribution is 7.98. The minimum Gasteiger partial charge on any atom is -0.373 e. The Balaban J connectivity index is 2.11. The molecule has 1 aromatic heterocycles. The summed E-state index contributed by atoms with van der Waals surface area (Å²) in [7, 11) is 1.79. The van der Waals surface area contributed by atoms with Crippen molar-refractivity contribution in [1.82, 2.24) is 4.98 Å². The summed E-state index contributed by atoms with van der Waals surface area (Å²) in [6.07, 6.45) is 1.69. The largest absolute Gasteiger partial charge is 0.373 e. The Hall–Kier alpha value is -1.62. The van der Waals surface area contributed by atoms with E-state index in [1.54, 1.807) is 13.2 Å². The number of benzene rings is 1. The molecule has 0 spiro atoms. The van der Waals surface area contributed by atoms with Crippen LogP contribution < -0.4 is 5.32 Å². The second kappa shape index (κ2) is 5.82. The number of halogens is 2. The summed E-state index contributed by atoms with van der Waals surface area (Å²) in [6, 6.07) is 7.36. The molecule has 0 aliphatic rings. The van der Waals surface area contributed by atoms with Crippen LogP contribution in [0.1, 0.15) is 5.56 Å². The van der Waals surface area contributed by atoms with Gasteiger partial charge in [0.05, 0.1) is 0 Å². The van der Waals surface area contributed by atoms with Crippen molar-refractivity contribution >= 4 is 17.6 Å². The molecule has 94 valence electrons. The number of nitrogens with one attached hydrogen (secondary N) is 1. The first kappa shape index (κ1) is 12.8. The summed E-state index contributed by atoms with van der Waals surface area (Å²) < 4.78 is 26.2. The van der Waals surface area contributed by atoms with E-state index in [-0.39, 0.29) is 0 Å². The van der Waals surface area contributed by atoms with Crippen molar-refractivity contribution in [3.63, 3.8) is 0 Å². The molecule has 1 aromatic carbocycles. The van der Waals surface area contributed by atoms with Crippen LogP contribution >= 0.6 is 11.8 Å². The van der Waals surface area contributed by atoms with Gasteiger partial charge in [-0.1, -0.05) is 6.07 Å². The van der Waals surface area contributed by atoms with Crippen LogP contribution in [-0.4, -0.2) is 12.0 Å². The van der Waals surface area contributed by atoms with E-state index >= 15 is 0 Å². The van der Waals surface area contributed by atoms with Crippen LogP contribution in [0.25, 0.3) is 0 Å². The van der Waals surface area contributed by atoms with Gasteiger partial charge in [-0.05, 0) is 18.2 Å². The zero-order valence-corrected chi connectivity index (χ0v) is 10.6. The van der Waals surface area contributed by atoms with Crippen molar-refractivity contribution in [3.8, 4) is 0 Å². The number of thioether (sulfide) groups is 1. The average Bonchev–Trinajstić information content (AvgIpc) is 2.38. The molecular formula is C13H12F2N2S. The highest BCUT2D eigenvalue weighted by Gasteiger charge is 2.07. The molecule has 2 aromatic rings. The molecule has 5 heteroatoms. The van der Waals surface area contributed by atoms with E-state index in [1.165, 1.54) is 23.9 Å². The molecule has 0 saturated heterocycles. The van der Waals surface area contributed by atoms with Crippen molar-refractivity contribution in [2.24, 2.45) is 0 Å². The maximum atomic E-state index is 13.4. The molecule has 2 nitrogen and oxygen atoms in total. The maximum absolute atomic E-state index is 13.4. The van der Waals surface area contributed by atoms with Gasteiger partial charge in [0.15, 0.2) is 0 Å². The molecule has 0 aliphatic carbocycles. The molecular weight excluding hydrogens is 254 g/mol. The van der Waals surface area contributed by atoms with Crippen molar-refractivity contribution in [2.45, 2.75) is 10.6 Å². The smallest absolute Gasteiger partial charge is 0.139 e. The van der Waals surface area contributed by atoms with Gasteiger partial charge in [-0.3, -0.25) is 0 Å². The van der Waals surface area contributed by atoms with Gasteiger partial charge in [-0.25, -0.2) is 13.8 Å². The van der Waals surface area contributed by atoms with Gasteiger partial charge in [0.2, 0.25) is 0 Å². The van der Waals surface area contributed by atoms with E-state index in [1.807, 2.05) is 12.1 Å². The van der Waals surface area contributed by atoms with E-state index in [9.17, 15) is 8.78 Å². The van der Waals surface area contributed by atoms with Crippen molar-refractivity contribution in [2.75, 3.05) is 12.4 Å². The van der Waals surface area contributed by atoms with Crippen LogP contribution in [0.3, 0.4) is 0 Å². The predicted octanol–water partition coefficient (Wildman–Crippen LogP) is 3.69. The van der Waals surface area contributed by atoms with E-state index in [0.717, 1.165) is 17.4 Å². The lowest BCUT2D eigenvalue weighted by atomic mass is 10.3. The Bertz CT molecular complexity index is 546. The molecule has 0 atom stereocenters. The SMILES string of the molecule is CNc1ncccc1CSc1ccc(F)cc1F. The van der Waals surface area contributed by atoms with Gasteiger partial charge in [0, 0.05) is 35.5 Å². The van der Waals surface area contributed by atoms with Gasteiger partial charge in [0.25, 0.3) is 0 Å². The van der Waals surface area contributed by atoms with E-state index in [4.69, 9.17) is 0 Å². The third kappa shape index (κ3) is 2.98. The molecule has 0 aliphatic heterocycles. The summed E-state index contributed by atoms with van der Waals surface area (Å²) in [5, 5.41) is 2.98. The first-order valence-electron chi connectivity index (χ1n) is 5.40. The number of hydrogen-bond acceptors (Lipinski definition) is 3. The first-order chi connectivity index (χ1) is 8.70. The number of hydrogen-bond donors (Lipinski definition) is 1. The predicted molar refractivity (Wildman–Crippen MR) is 69.7 cm³/mol. The summed E-state index contributed by atoms with van der Waals surface area (Å²) in [6.45, 7) is 0. The number of pyridine rings is 1. The minimum absolute atomic E-state index is 0.433. The summed E-state index contributed by atoms with van der Waals surface area (Å²) >= 11 is 1.32. The van der Waals surface area contributed by atoms with E-state index in [2.05, 4.69) is 10.3 Å². The average molecular weight is 266 g/mol. The van der Waals surface area contributed by atoms with E-state index in [0.29, 0.717) is 10.6 Å². The van der Waals surface area contributed by atoms with Crippen LogP contribution in [0.2, 0.25) is 0 Å². The molecule has 0 radical (unpaired) electrons. The molecule has 0 amide bonds. The Morgan fingerprint density at radius 2 is 2.11 bits per heavy atom. The Morgan fingerprint density at radius 1 is 1.28 bits per heavy atom. The van der Waals surface area contributed by atoms with Crippen LogP contribution in [0.15, 0.2) is 41.4 Å². The van der Waals surface area contributed by atoms with Crippen LogP contribution in [-0.2, 0) is 5.75 Å². The Labute approximate surface area is 108 Å². The standard InChI is InChI=1S/C13H12F2N2S/c1-16-13-9(3-2-6-17-13)8-18-12-5-4-10(14)7-11(12)15/h2-7H,8H2,1H3,(H,16,17). The quantitative estimate of drug-likeness (QED) is 0.854. The molecule has 2 rings (SSSR count). The lowest BCUT2D eigenvalue weighted by molar-refractivity contribution is 0.565. The van der Waals surface area contributed by atoms with Gasteiger partial charge in [-0.2, -0.15) is 0 Å². The minimum atomic E-state index is -0.561. The van der Waals surface area contributed by atoms with E-state index < -0.39 is 11.6 Å². The lowest BCUT2D eigenvalue weighted by Crippen LogP contribution is -1.97. The molecule has 1 heterocycles. The highest BCUT2D eigenvalue weighted by Crippen LogP contribution is 2.27. The van der Waals surface area contributed by atoms with Gasteiger partial charge in [0.1, 0.15) is 17.5 Å². The molecule has 0 saturated carbocycles. The zero-order chi connectivity index (χ0) is 13.0. The third-order valence-corrected chi connectivity index (χ3v) is 3.50. The first-order valence-corrected chi connectivity index (χ1v) is 6.39. The monoisotopic (exact) mass is 266 g/mol. The third-order valence-electron chi connectivity index (χ3n) is 2.41.